The molecule has 1 aromatic rings. The topological polar surface area (TPSA) is 66.8 Å². The van der Waals surface area contributed by atoms with Crippen LogP contribution in [-0.4, -0.2) is 47.7 Å². The van der Waals surface area contributed by atoms with Crippen LogP contribution in [0.15, 0.2) is 24.3 Å². The van der Waals surface area contributed by atoms with Gasteiger partial charge in [-0.2, -0.15) is 0 Å². The van der Waals surface area contributed by atoms with Gasteiger partial charge in [0.2, 0.25) is 5.91 Å². The fourth-order valence-corrected chi connectivity index (χ4v) is 2.73. The van der Waals surface area contributed by atoms with Crippen LogP contribution in [0.3, 0.4) is 0 Å². The molecule has 114 valence electrons. The van der Waals surface area contributed by atoms with E-state index in [0.717, 1.165) is 11.1 Å². The van der Waals surface area contributed by atoms with Gasteiger partial charge in [-0.3, -0.25) is 9.59 Å². The van der Waals surface area contributed by atoms with Gasteiger partial charge in [0, 0.05) is 19.7 Å². The van der Waals surface area contributed by atoms with Gasteiger partial charge in [-0.25, -0.2) is 0 Å². The number of carboxylic acids is 1. The summed E-state index contributed by atoms with van der Waals surface area (Å²) in [7, 11) is 1.59. The van der Waals surface area contributed by atoms with E-state index in [1.165, 1.54) is 0 Å². The first kappa shape index (κ1) is 15.5. The second kappa shape index (κ2) is 6.72. The molecule has 1 fully saturated rings. The Morgan fingerprint density at radius 2 is 2.00 bits per heavy atom. The highest BCUT2D eigenvalue weighted by Crippen LogP contribution is 2.23. The zero-order chi connectivity index (χ0) is 15.4. The molecule has 2 rings (SSSR count). The number of carbonyl (C=O) groups is 2. The average Bonchev–Trinajstić information content (AvgIpc) is 2.83. The standard InChI is InChI=1S/C16H21NO4/c1-11-3-5-12(6-4-11)7-15(18)17-10-14(21-2)8-13(17)9-16(19)20/h3-6,13-14H,7-10H2,1-2H3,(H,19,20). The van der Waals surface area contributed by atoms with Gasteiger partial charge in [-0.1, -0.05) is 29.8 Å². The van der Waals surface area contributed by atoms with Crippen LogP contribution < -0.4 is 0 Å². The van der Waals surface area contributed by atoms with Crippen LogP contribution in [0, 0.1) is 6.92 Å². The number of aryl methyl sites for hydroxylation is 1. The molecule has 5 nitrogen and oxygen atoms in total. The Hall–Kier alpha value is -1.88. The monoisotopic (exact) mass is 291 g/mol. The van der Waals surface area contributed by atoms with Crippen molar-refractivity contribution in [3.05, 3.63) is 35.4 Å². The van der Waals surface area contributed by atoms with Crippen molar-refractivity contribution in [3.63, 3.8) is 0 Å². The van der Waals surface area contributed by atoms with Crippen LogP contribution in [0.1, 0.15) is 24.0 Å². The van der Waals surface area contributed by atoms with Crippen molar-refractivity contribution < 1.29 is 19.4 Å². The first-order valence-corrected chi connectivity index (χ1v) is 7.09. The molecule has 0 aliphatic carbocycles. The summed E-state index contributed by atoms with van der Waals surface area (Å²) in [6, 6.07) is 7.54. The average molecular weight is 291 g/mol. The summed E-state index contributed by atoms with van der Waals surface area (Å²) >= 11 is 0. The van der Waals surface area contributed by atoms with Gasteiger partial charge in [0.25, 0.3) is 0 Å². The molecule has 1 heterocycles. The fourth-order valence-electron chi connectivity index (χ4n) is 2.73. The fraction of sp³-hybridized carbons (Fsp3) is 0.500. The number of methoxy groups -OCH3 is 1. The van der Waals surface area contributed by atoms with Gasteiger partial charge in [-0.05, 0) is 18.9 Å². The van der Waals surface area contributed by atoms with Gasteiger partial charge in [0.05, 0.1) is 18.9 Å². The van der Waals surface area contributed by atoms with E-state index in [4.69, 9.17) is 9.84 Å². The molecule has 1 aromatic carbocycles. The second-order valence-corrected chi connectivity index (χ2v) is 5.55. The third-order valence-electron chi connectivity index (χ3n) is 3.92. The van der Waals surface area contributed by atoms with Gasteiger partial charge in [0.15, 0.2) is 0 Å². The molecular weight excluding hydrogens is 270 g/mol. The molecule has 0 radical (unpaired) electrons. The van der Waals surface area contributed by atoms with Crippen LogP contribution in [0.2, 0.25) is 0 Å². The molecule has 2 unspecified atom stereocenters. The SMILES string of the molecule is COC1CC(CC(=O)O)N(C(=O)Cc2ccc(C)cc2)C1. The van der Waals surface area contributed by atoms with Crippen molar-refractivity contribution in [1.82, 2.24) is 4.90 Å². The third kappa shape index (κ3) is 4.04. The number of carbonyl (C=O) groups excluding carboxylic acids is 1. The van der Waals surface area contributed by atoms with Crippen molar-refractivity contribution in [2.24, 2.45) is 0 Å². The molecule has 0 saturated carbocycles. The summed E-state index contributed by atoms with van der Waals surface area (Å²) < 4.78 is 5.28. The van der Waals surface area contributed by atoms with Crippen LogP contribution >= 0.6 is 0 Å². The number of rotatable bonds is 5. The lowest BCUT2D eigenvalue weighted by Gasteiger charge is -2.23. The molecule has 5 heteroatoms. The van der Waals surface area contributed by atoms with Gasteiger partial charge >= 0.3 is 5.97 Å². The zero-order valence-corrected chi connectivity index (χ0v) is 12.4. The van der Waals surface area contributed by atoms with Crippen molar-refractivity contribution in [3.8, 4) is 0 Å². The molecule has 1 aliphatic rings. The van der Waals surface area contributed by atoms with Crippen molar-refractivity contribution in [2.75, 3.05) is 13.7 Å². The quantitative estimate of drug-likeness (QED) is 0.895. The van der Waals surface area contributed by atoms with Crippen molar-refractivity contribution in [1.29, 1.82) is 0 Å². The second-order valence-electron chi connectivity index (χ2n) is 5.55. The largest absolute Gasteiger partial charge is 0.481 e. The Morgan fingerprint density at radius 3 is 2.57 bits per heavy atom. The molecule has 1 N–H and O–H groups in total. The minimum Gasteiger partial charge on any atom is -0.481 e. The molecular formula is C16H21NO4. The van der Waals surface area contributed by atoms with E-state index in [2.05, 4.69) is 0 Å². The van der Waals surface area contributed by atoms with E-state index in [1.807, 2.05) is 31.2 Å². The normalized spacial score (nSPS) is 21.5. The highest BCUT2D eigenvalue weighted by molar-refractivity contribution is 5.80. The Balaban J connectivity index is 2.04. The number of hydrogen-bond donors (Lipinski definition) is 1. The van der Waals surface area contributed by atoms with E-state index in [9.17, 15) is 9.59 Å². The number of amides is 1. The number of hydrogen-bond acceptors (Lipinski definition) is 3. The molecule has 1 saturated heterocycles. The van der Waals surface area contributed by atoms with E-state index >= 15 is 0 Å². The van der Waals surface area contributed by atoms with Gasteiger partial charge < -0.3 is 14.7 Å². The Morgan fingerprint density at radius 1 is 1.33 bits per heavy atom. The molecule has 0 aromatic heterocycles. The Bertz CT molecular complexity index is 512. The van der Waals surface area contributed by atoms with Gasteiger partial charge in [-0.15, -0.1) is 0 Å². The molecule has 21 heavy (non-hydrogen) atoms. The summed E-state index contributed by atoms with van der Waals surface area (Å²) in [5, 5.41) is 8.97. The molecule has 2 atom stereocenters. The molecule has 0 spiro atoms. The molecule has 1 amide bonds. The highest BCUT2D eigenvalue weighted by atomic mass is 16.5. The number of likely N-dealkylation sites (tertiary alicyclic amines) is 1. The Labute approximate surface area is 124 Å². The summed E-state index contributed by atoms with van der Waals surface area (Å²) in [6.45, 7) is 2.47. The lowest BCUT2D eigenvalue weighted by Crippen LogP contribution is -2.38. The minimum absolute atomic E-state index is 0.0283. The number of ether oxygens (including phenoxy) is 1. The minimum atomic E-state index is -0.884. The van der Waals surface area contributed by atoms with E-state index in [1.54, 1.807) is 12.0 Å². The van der Waals surface area contributed by atoms with Crippen molar-refractivity contribution >= 4 is 11.9 Å². The summed E-state index contributed by atoms with van der Waals surface area (Å²) in [4.78, 5) is 25.0. The summed E-state index contributed by atoms with van der Waals surface area (Å²) in [5.74, 6) is -0.922. The molecule has 1 aliphatic heterocycles. The van der Waals surface area contributed by atoms with Crippen LogP contribution in [0.4, 0.5) is 0 Å². The van der Waals surface area contributed by atoms with Crippen molar-refractivity contribution in [2.45, 2.75) is 38.3 Å². The van der Waals surface area contributed by atoms with Gasteiger partial charge in [0.1, 0.15) is 0 Å². The number of carboxylic acid groups (broad SMARTS) is 1. The third-order valence-corrected chi connectivity index (χ3v) is 3.92. The van der Waals surface area contributed by atoms with Crippen LogP contribution in [0.5, 0.6) is 0 Å². The predicted molar refractivity (Wildman–Crippen MR) is 78.1 cm³/mol. The first-order valence-electron chi connectivity index (χ1n) is 7.09. The maximum atomic E-state index is 12.4. The lowest BCUT2D eigenvalue weighted by atomic mass is 10.1. The maximum Gasteiger partial charge on any atom is 0.305 e. The summed E-state index contributed by atoms with van der Waals surface area (Å²) in [6.07, 6.45) is 0.783. The van der Waals surface area contributed by atoms with E-state index in [0.29, 0.717) is 19.4 Å². The van der Waals surface area contributed by atoms with Crippen LogP contribution in [0.25, 0.3) is 0 Å². The number of aliphatic carboxylic acids is 1. The zero-order valence-electron chi connectivity index (χ0n) is 12.4. The smallest absolute Gasteiger partial charge is 0.305 e. The van der Waals surface area contributed by atoms with Crippen LogP contribution in [-0.2, 0) is 20.7 Å². The maximum absolute atomic E-state index is 12.4. The van der Waals surface area contributed by atoms with E-state index < -0.39 is 5.97 Å². The summed E-state index contributed by atoms with van der Waals surface area (Å²) in [5.41, 5.74) is 2.09. The number of nitrogens with zero attached hydrogens (tertiary/aromatic N) is 1. The highest BCUT2D eigenvalue weighted by Gasteiger charge is 2.36. The van der Waals surface area contributed by atoms with E-state index in [-0.39, 0.29) is 24.5 Å². The predicted octanol–water partition coefficient (Wildman–Crippen LogP) is 1.63. The number of benzene rings is 1. The lowest BCUT2D eigenvalue weighted by molar-refractivity contribution is -0.139. The first-order chi connectivity index (χ1) is 9.99. The molecule has 0 bridgehead atoms. The Kier molecular flexibility index (Phi) is 4.96.